The number of benzene rings is 1. The molecule has 1 fully saturated rings. The molecule has 5 nitrogen and oxygen atoms in total. The van der Waals surface area contributed by atoms with Gasteiger partial charge in [-0.1, -0.05) is 11.6 Å². The second-order valence-corrected chi connectivity index (χ2v) is 5.67. The second kappa shape index (κ2) is 10.7. The summed E-state index contributed by atoms with van der Waals surface area (Å²) in [6, 6.07) is 5.47. The van der Waals surface area contributed by atoms with Gasteiger partial charge in [0.05, 0.1) is 12.3 Å². The molecule has 0 aromatic heterocycles. The summed E-state index contributed by atoms with van der Waals surface area (Å²) in [4.78, 5) is 12.1. The SMILES string of the molecule is CCOCCOc1ccc(Cl)cc1NC(=O)CC1CCCN1.Cl. The van der Waals surface area contributed by atoms with Gasteiger partial charge in [-0.05, 0) is 44.5 Å². The van der Waals surface area contributed by atoms with Crippen molar-refractivity contribution in [2.24, 2.45) is 0 Å². The molecule has 0 bridgehead atoms. The van der Waals surface area contributed by atoms with Crippen LogP contribution in [0.1, 0.15) is 26.2 Å². The van der Waals surface area contributed by atoms with Crippen molar-refractivity contribution in [2.75, 3.05) is 31.7 Å². The van der Waals surface area contributed by atoms with Crippen LogP contribution in [0.3, 0.4) is 0 Å². The van der Waals surface area contributed by atoms with Crippen molar-refractivity contribution in [1.82, 2.24) is 5.32 Å². The maximum Gasteiger partial charge on any atom is 0.226 e. The van der Waals surface area contributed by atoms with Crippen LogP contribution in [0.5, 0.6) is 5.75 Å². The van der Waals surface area contributed by atoms with Crippen molar-refractivity contribution >= 4 is 35.6 Å². The molecule has 2 rings (SSSR count). The van der Waals surface area contributed by atoms with Gasteiger partial charge in [0.15, 0.2) is 0 Å². The average Bonchev–Trinajstić information content (AvgIpc) is 2.98. The van der Waals surface area contributed by atoms with Gasteiger partial charge in [0, 0.05) is 24.1 Å². The van der Waals surface area contributed by atoms with E-state index in [4.69, 9.17) is 21.1 Å². The average molecular weight is 363 g/mol. The normalized spacial score (nSPS) is 16.7. The number of anilines is 1. The molecule has 1 aliphatic heterocycles. The summed E-state index contributed by atoms with van der Waals surface area (Å²) in [5.74, 6) is 0.577. The highest BCUT2D eigenvalue weighted by atomic mass is 35.5. The molecule has 1 aromatic rings. The Hall–Kier alpha value is -1.01. The largest absolute Gasteiger partial charge is 0.489 e. The van der Waals surface area contributed by atoms with Crippen LogP contribution in [0.15, 0.2) is 18.2 Å². The van der Waals surface area contributed by atoms with Crippen LogP contribution in [-0.2, 0) is 9.53 Å². The van der Waals surface area contributed by atoms with Crippen molar-refractivity contribution in [3.05, 3.63) is 23.2 Å². The molecule has 0 aliphatic carbocycles. The number of carbonyl (C=O) groups is 1. The van der Waals surface area contributed by atoms with E-state index in [0.29, 0.717) is 42.7 Å². The first-order valence-electron chi connectivity index (χ1n) is 7.72. The zero-order valence-corrected chi connectivity index (χ0v) is 14.8. The fraction of sp³-hybridized carbons (Fsp3) is 0.562. The van der Waals surface area contributed by atoms with Gasteiger partial charge in [-0.2, -0.15) is 0 Å². The van der Waals surface area contributed by atoms with Crippen molar-refractivity contribution < 1.29 is 14.3 Å². The fourth-order valence-corrected chi connectivity index (χ4v) is 2.61. The lowest BCUT2D eigenvalue weighted by Crippen LogP contribution is -2.27. The molecule has 1 aliphatic rings. The molecule has 7 heteroatoms. The molecular formula is C16H24Cl2N2O3. The maximum atomic E-state index is 12.1. The van der Waals surface area contributed by atoms with Crippen LogP contribution in [-0.4, -0.2) is 38.3 Å². The Morgan fingerprint density at radius 3 is 2.96 bits per heavy atom. The molecule has 0 saturated carbocycles. The predicted molar refractivity (Wildman–Crippen MR) is 95.0 cm³/mol. The third-order valence-electron chi connectivity index (χ3n) is 3.50. The fourth-order valence-electron chi connectivity index (χ4n) is 2.44. The highest BCUT2D eigenvalue weighted by Crippen LogP contribution is 2.28. The van der Waals surface area contributed by atoms with E-state index >= 15 is 0 Å². The first-order valence-corrected chi connectivity index (χ1v) is 8.10. The minimum Gasteiger partial charge on any atom is -0.489 e. The first kappa shape index (κ1) is 20.0. The molecular weight excluding hydrogens is 339 g/mol. The van der Waals surface area contributed by atoms with Crippen LogP contribution >= 0.6 is 24.0 Å². The molecule has 1 unspecified atom stereocenters. The van der Waals surface area contributed by atoms with Gasteiger partial charge in [-0.3, -0.25) is 4.79 Å². The van der Waals surface area contributed by atoms with Crippen LogP contribution in [0.25, 0.3) is 0 Å². The lowest BCUT2D eigenvalue weighted by atomic mass is 10.1. The molecule has 2 N–H and O–H groups in total. The van der Waals surface area contributed by atoms with Crippen molar-refractivity contribution in [1.29, 1.82) is 0 Å². The number of amides is 1. The number of hydrogen-bond donors (Lipinski definition) is 2. The minimum absolute atomic E-state index is 0. The molecule has 1 heterocycles. The Bertz CT molecular complexity index is 494. The Balaban J connectivity index is 0.00000264. The highest BCUT2D eigenvalue weighted by molar-refractivity contribution is 6.31. The molecule has 1 saturated heterocycles. The molecule has 1 amide bonds. The standard InChI is InChI=1S/C16H23ClN2O3.ClH/c1-2-21-8-9-22-15-6-5-12(17)10-14(15)19-16(20)11-13-4-3-7-18-13;/h5-6,10,13,18H,2-4,7-9,11H2,1H3,(H,19,20);1H. The van der Waals surface area contributed by atoms with E-state index < -0.39 is 0 Å². The molecule has 1 aromatic carbocycles. The van der Waals surface area contributed by atoms with Gasteiger partial charge in [0.2, 0.25) is 5.91 Å². The van der Waals surface area contributed by atoms with Gasteiger partial charge in [0.1, 0.15) is 12.4 Å². The maximum absolute atomic E-state index is 12.1. The van der Waals surface area contributed by atoms with Gasteiger partial charge < -0.3 is 20.1 Å². The predicted octanol–water partition coefficient (Wildman–Crippen LogP) is 3.26. The smallest absolute Gasteiger partial charge is 0.226 e. The third-order valence-corrected chi connectivity index (χ3v) is 3.73. The zero-order valence-electron chi connectivity index (χ0n) is 13.3. The van der Waals surface area contributed by atoms with E-state index in [1.54, 1.807) is 18.2 Å². The summed E-state index contributed by atoms with van der Waals surface area (Å²) >= 11 is 6.01. The monoisotopic (exact) mass is 362 g/mol. The van der Waals surface area contributed by atoms with E-state index in [-0.39, 0.29) is 24.4 Å². The highest BCUT2D eigenvalue weighted by Gasteiger charge is 2.18. The summed E-state index contributed by atoms with van der Waals surface area (Å²) < 4.78 is 10.9. The van der Waals surface area contributed by atoms with E-state index in [1.165, 1.54) is 0 Å². The minimum atomic E-state index is -0.0312. The van der Waals surface area contributed by atoms with Crippen molar-refractivity contribution in [3.63, 3.8) is 0 Å². The van der Waals surface area contributed by atoms with Gasteiger partial charge in [-0.15, -0.1) is 12.4 Å². The van der Waals surface area contributed by atoms with Gasteiger partial charge in [0.25, 0.3) is 0 Å². The topological polar surface area (TPSA) is 59.6 Å². The summed E-state index contributed by atoms with van der Waals surface area (Å²) in [7, 11) is 0. The molecule has 0 radical (unpaired) electrons. The molecule has 1 atom stereocenters. The van der Waals surface area contributed by atoms with Gasteiger partial charge in [-0.25, -0.2) is 0 Å². The van der Waals surface area contributed by atoms with Crippen LogP contribution < -0.4 is 15.4 Å². The van der Waals surface area contributed by atoms with Crippen LogP contribution in [0, 0.1) is 0 Å². The number of nitrogens with one attached hydrogen (secondary N) is 2. The molecule has 130 valence electrons. The Kier molecular flexibility index (Phi) is 9.33. The van der Waals surface area contributed by atoms with Crippen molar-refractivity contribution in [2.45, 2.75) is 32.2 Å². The van der Waals surface area contributed by atoms with Crippen LogP contribution in [0.4, 0.5) is 5.69 Å². The van der Waals surface area contributed by atoms with E-state index in [1.807, 2.05) is 6.92 Å². The number of hydrogen-bond acceptors (Lipinski definition) is 4. The van der Waals surface area contributed by atoms with E-state index in [0.717, 1.165) is 19.4 Å². The lowest BCUT2D eigenvalue weighted by molar-refractivity contribution is -0.116. The van der Waals surface area contributed by atoms with E-state index in [9.17, 15) is 4.79 Å². The zero-order chi connectivity index (χ0) is 15.8. The summed E-state index contributed by atoms with van der Waals surface area (Å²) in [5.41, 5.74) is 0.604. The second-order valence-electron chi connectivity index (χ2n) is 5.23. The molecule has 0 spiro atoms. The summed E-state index contributed by atoms with van der Waals surface area (Å²) in [6.45, 7) is 4.52. The number of carbonyl (C=O) groups excluding carboxylic acids is 1. The Labute approximate surface area is 148 Å². The van der Waals surface area contributed by atoms with E-state index in [2.05, 4.69) is 10.6 Å². The molecule has 23 heavy (non-hydrogen) atoms. The first-order chi connectivity index (χ1) is 10.7. The van der Waals surface area contributed by atoms with Crippen LogP contribution in [0.2, 0.25) is 5.02 Å². The number of ether oxygens (including phenoxy) is 2. The lowest BCUT2D eigenvalue weighted by Gasteiger charge is -2.14. The summed E-state index contributed by atoms with van der Waals surface area (Å²) in [6.07, 6.45) is 2.63. The van der Waals surface area contributed by atoms with Crippen molar-refractivity contribution in [3.8, 4) is 5.75 Å². The third kappa shape index (κ3) is 6.96. The Morgan fingerprint density at radius 1 is 1.43 bits per heavy atom. The summed E-state index contributed by atoms with van der Waals surface area (Å²) in [5, 5.41) is 6.76. The van der Waals surface area contributed by atoms with Gasteiger partial charge >= 0.3 is 0 Å². The Morgan fingerprint density at radius 2 is 2.26 bits per heavy atom. The number of rotatable bonds is 8. The quantitative estimate of drug-likeness (QED) is 0.696. The number of halogens is 2.